The lowest BCUT2D eigenvalue weighted by Gasteiger charge is -2.13. The van der Waals surface area contributed by atoms with Crippen LogP contribution in [0.25, 0.3) is 22.6 Å². The van der Waals surface area contributed by atoms with Crippen LogP contribution in [-0.4, -0.2) is 29.1 Å². The molecular weight excluding hydrogens is 463 g/mol. The van der Waals surface area contributed by atoms with Crippen molar-refractivity contribution < 1.29 is 18.7 Å². The minimum Gasteiger partial charge on any atom is -0.490 e. The lowest BCUT2D eigenvalue weighted by Crippen LogP contribution is -2.20. The fourth-order valence-electron chi connectivity index (χ4n) is 3.41. The number of nitrogens with one attached hydrogen (secondary N) is 2. The number of H-pyrrole nitrogens is 1. The van der Waals surface area contributed by atoms with Crippen molar-refractivity contribution >= 4 is 34.1 Å². The number of aromatic amines is 1. The molecule has 180 valence electrons. The van der Waals surface area contributed by atoms with Crippen molar-refractivity contribution in [2.24, 2.45) is 0 Å². The summed E-state index contributed by atoms with van der Waals surface area (Å²) in [7, 11) is 0. The molecule has 4 aromatic rings. The Morgan fingerprint density at radius 1 is 1.11 bits per heavy atom. The summed E-state index contributed by atoms with van der Waals surface area (Å²) in [6.45, 7) is 1.85. The van der Waals surface area contributed by atoms with Gasteiger partial charge in [0.25, 0.3) is 11.5 Å². The average Bonchev–Trinajstić information content (AvgIpc) is 2.88. The zero-order chi connectivity index (χ0) is 25.5. The number of hydrogen-bond donors (Lipinski definition) is 2. The molecule has 1 heterocycles. The van der Waals surface area contributed by atoms with E-state index in [1.54, 1.807) is 55.5 Å². The minimum absolute atomic E-state index is 0.150. The number of fused-ring (bicyclic) bond motifs is 1. The lowest BCUT2D eigenvalue weighted by atomic mass is 10.1. The van der Waals surface area contributed by atoms with Gasteiger partial charge in [0.15, 0.2) is 23.9 Å². The van der Waals surface area contributed by atoms with Crippen LogP contribution >= 0.6 is 0 Å². The van der Waals surface area contributed by atoms with Crippen molar-refractivity contribution in [2.75, 3.05) is 18.5 Å². The van der Waals surface area contributed by atoms with E-state index in [1.807, 2.05) is 0 Å². The third kappa shape index (κ3) is 5.74. The first kappa shape index (κ1) is 24.2. The molecule has 36 heavy (non-hydrogen) atoms. The summed E-state index contributed by atoms with van der Waals surface area (Å²) >= 11 is 0. The molecule has 3 aromatic carbocycles. The van der Waals surface area contributed by atoms with Crippen LogP contribution in [0, 0.1) is 17.1 Å². The Hall–Kier alpha value is -4.97. The van der Waals surface area contributed by atoms with Crippen LogP contribution in [-0.2, 0) is 4.79 Å². The molecule has 8 nitrogen and oxygen atoms in total. The van der Waals surface area contributed by atoms with Crippen molar-refractivity contribution in [3.63, 3.8) is 0 Å². The van der Waals surface area contributed by atoms with Gasteiger partial charge >= 0.3 is 0 Å². The SMILES string of the molecule is CCOc1cc(C=C(C#N)c2nc3ccccc3c(=O)[nH]2)ccc1OCC(=O)Nc1ccc(F)cc1. The number of nitriles is 1. The lowest BCUT2D eigenvalue weighted by molar-refractivity contribution is -0.118. The summed E-state index contributed by atoms with van der Waals surface area (Å²) in [6.07, 6.45) is 1.57. The highest BCUT2D eigenvalue weighted by Gasteiger charge is 2.12. The van der Waals surface area contributed by atoms with Gasteiger partial charge in [-0.25, -0.2) is 9.37 Å². The number of para-hydroxylation sites is 1. The molecule has 9 heteroatoms. The van der Waals surface area contributed by atoms with Crippen LogP contribution in [0.15, 0.2) is 71.5 Å². The van der Waals surface area contributed by atoms with E-state index in [9.17, 15) is 19.2 Å². The molecule has 0 bridgehead atoms. The Morgan fingerprint density at radius 2 is 1.89 bits per heavy atom. The van der Waals surface area contributed by atoms with E-state index in [0.717, 1.165) is 0 Å². The number of hydrogen-bond acceptors (Lipinski definition) is 6. The molecule has 0 atom stereocenters. The molecule has 1 aromatic heterocycles. The molecule has 1 amide bonds. The highest BCUT2D eigenvalue weighted by molar-refractivity contribution is 5.92. The zero-order valence-corrected chi connectivity index (χ0v) is 19.2. The van der Waals surface area contributed by atoms with E-state index < -0.39 is 11.7 Å². The predicted octanol–water partition coefficient (Wildman–Crippen LogP) is 4.54. The monoisotopic (exact) mass is 484 g/mol. The molecule has 0 aliphatic rings. The Labute approximate surface area is 205 Å². The fourth-order valence-corrected chi connectivity index (χ4v) is 3.41. The summed E-state index contributed by atoms with van der Waals surface area (Å²) in [5, 5.41) is 12.8. The number of aromatic nitrogens is 2. The van der Waals surface area contributed by atoms with Gasteiger partial charge in [-0.3, -0.25) is 9.59 Å². The molecule has 2 N–H and O–H groups in total. The molecule has 0 spiro atoms. The Bertz CT molecular complexity index is 1540. The normalized spacial score (nSPS) is 11.1. The van der Waals surface area contributed by atoms with Crippen molar-refractivity contribution in [2.45, 2.75) is 6.92 Å². The van der Waals surface area contributed by atoms with Crippen molar-refractivity contribution in [3.8, 4) is 17.6 Å². The number of allylic oxidation sites excluding steroid dienone is 1. The Kier molecular flexibility index (Phi) is 7.36. The van der Waals surface area contributed by atoms with E-state index in [-0.39, 0.29) is 23.6 Å². The third-order valence-corrected chi connectivity index (χ3v) is 5.05. The number of amides is 1. The van der Waals surface area contributed by atoms with Gasteiger partial charge in [0.05, 0.1) is 23.1 Å². The third-order valence-electron chi connectivity index (χ3n) is 5.05. The average molecular weight is 484 g/mol. The first-order chi connectivity index (χ1) is 17.5. The number of benzene rings is 3. The molecule has 0 saturated heterocycles. The highest BCUT2D eigenvalue weighted by atomic mass is 19.1. The summed E-state index contributed by atoms with van der Waals surface area (Å²) in [6, 6.07) is 19.3. The first-order valence-corrected chi connectivity index (χ1v) is 11.0. The number of carbonyl (C=O) groups is 1. The van der Waals surface area contributed by atoms with Gasteiger partial charge in [-0.15, -0.1) is 0 Å². The van der Waals surface area contributed by atoms with Crippen LogP contribution in [0.5, 0.6) is 11.5 Å². The number of carbonyl (C=O) groups excluding carboxylic acids is 1. The number of ether oxygens (including phenoxy) is 2. The van der Waals surface area contributed by atoms with Gasteiger partial charge in [0.2, 0.25) is 0 Å². The van der Waals surface area contributed by atoms with E-state index in [4.69, 9.17) is 9.47 Å². The molecule has 0 aliphatic carbocycles. The first-order valence-electron chi connectivity index (χ1n) is 11.0. The quantitative estimate of drug-likeness (QED) is 0.355. The molecular formula is C27H21FN4O4. The van der Waals surface area contributed by atoms with Gasteiger partial charge in [-0.1, -0.05) is 18.2 Å². The second kappa shape index (κ2) is 11.0. The van der Waals surface area contributed by atoms with Crippen LogP contribution in [0.3, 0.4) is 0 Å². The summed E-state index contributed by atoms with van der Waals surface area (Å²) in [5.74, 6) is 0.0298. The number of rotatable bonds is 8. The zero-order valence-electron chi connectivity index (χ0n) is 19.2. The van der Waals surface area contributed by atoms with Crippen LogP contribution < -0.4 is 20.3 Å². The molecule has 0 saturated carbocycles. The number of nitrogens with zero attached hydrogens (tertiary/aromatic N) is 2. The highest BCUT2D eigenvalue weighted by Crippen LogP contribution is 2.30. The molecule has 4 rings (SSSR count). The maximum Gasteiger partial charge on any atom is 0.262 e. The number of anilines is 1. The molecule has 0 radical (unpaired) electrons. The van der Waals surface area contributed by atoms with E-state index >= 15 is 0 Å². The second-order valence-electron chi connectivity index (χ2n) is 7.58. The van der Waals surface area contributed by atoms with E-state index in [2.05, 4.69) is 21.4 Å². The minimum atomic E-state index is -0.425. The summed E-state index contributed by atoms with van der Waals surface area (Å²) < 4.78 is 24.3. The van der Waals surface area contributed by atoms with Gasteiger partial charge in [0, 0.05) is 5.69 Å². The fraction of sp³-hybridized carbons (Fsp3) is 0.111. The van der Waals surface area contributed by atoms with Crippen molar-refractivity contribution in [1.82, 2.24) is 9.97 Å². The maximum atomic E-state index is 13.0. The van der Waals surface area contributed by atoms with Crippen LogP contribution in [0.4, 0.5) is 10.1 Å². The second-order valence-corrected chi connectivity index (χ2v) is 7.58. The van der Waals surface area contributed by atoms with Crippen molar-refractivity contribution in [1.29, 1.82) is 5.26 Å². The Morgan fingerprint density at radius 3 is 2.64 bits per heavy atom. The standard InChI is InChI=1S/C27H21FN4O4/c1-2-35-24-14-17(7-12-23(24)36-16-25(33)30-20-10-8-19(28)9-11-20)13-18(15-29)26-31-22-6-4-3-5-21(22)27(34)32-26/h3-14H,2,16H2,1H3,(H,30,33)(H,31,32,34). The van der Waals surface area contributed by atoms with Crippen LogP contribution in [0.1, 0.15) is 18.3 Å². The number of halogens is 1. The van der Waals surface area contributed by atoms with E-state index in [1.165, 1.54) is 24.3 Å². The summed E-state index contributed by atoms with van der Waals surface area (Å²) in [5.41, 5.74) is 1.35. The van der Waals surface area contributed by atoms with Gasteiger partial charge < -0.3 is 19.8 Å². The molecule has 0 unspecified atom stereocenters. The predicted molar refractivity (Wildman–Crippen MR) is 134 cm³/mol. The summed E-state index contributed by atoms with van der Waals surface area (Å²) in [4.78, 5) is 31.7. The molecule has 0 fully saturated rings. The topological polar surface area (TPSA) is 117 Å². The van der Waals surface area contributed by atoms with Gasteiger partial charge in [-0.2, -0.15) is 5.26 Å². The van der Waals surface area contributed by atoms with Crippen LogP contribution in [0.2, 0.25) is 0 Å². The molecule has 0 aliphatic heterocycles. The van der Waals surface area contributed by atoms with Gasteiger partial charge in [-0.05, 0) is 67.1 Å². The van der Waals surface area contributed by atoms with Crippen molar-refractivity contribution in [3.05, 3.63) is 94.3 Å². The van der Waals surface area contributed by atoms with Gasteiger partial charge in [0.1, 0.15) is 11.9 Å². The smallest absolute Gasteiger partial charge is 0.262 e. The largest absolute Gasteiger partial charge is 0.490 e. The van der Waals surface area contributed by atoms with E-state index in [0.29, 0.717) is 40.3 Å². The maximum absolute atomic E-state index is 13.0. The Balaban J connectivity index is 1.54.